The van der Waals surface area contributed by atoms with E-state index in [2.05, 4.69) is 15.3 Å². The fourth-order valence-electron chi connectivity index (χ4n) is 4.10. The van der Waals surface area contributed by atoms with Gasteiger partial charge < -0.3 is 24.5 Å². The number of hydrogen-bond donors (Lipinski definition) is 2. The van der Waals surface area contributed by atoms with Crippen LogP contribution in [0.2, 0.25) is 5.02 Å². The summed E-state index contributed by atoms with van der Waals surface area (Å²) in [6, 6.07) is 9.78. The van der Waals surface area contributed by atoms with Crippen LogP contribution in [0, 0.1) is 18.7 Å². The summed E-state index contributed by atoms with van der Waals surface area (Å²) in [5.41, 5.74) is 2.81. The fourth-order valence-corrected chi connectivity index (χ4v) is 4.40. The Morgan fingerprint density at radius 3 is 2.65 bits per heavy atom. The molecule has 2 aromatic heterocycles. The van der Waals surface area contributed by atoms with Crippen molar-refractivity contribution in [3.8, 4) is 22.8 Å². The van der Waals surface area contributed by atoms with Gasteiger partial charge in [-0.15, -0.1) is 0 Å². The van der Waals surface area contributed by atoms with Crippen LogP contribution >= 0.6 is 11.6 Å². The third-order valence-corrected chi connectivity index (χ3v) is 6.12. The zero-order chi connectivity index (χ0) is 26.7. The van der Waals surface area contributed by atoms with Gasteiger partial charge in [-0.2, -0.15) is 0 Å². The molecule has 2 heterocycles. The van der Waals surface area contributed by atoms with Crippen molar-refractivity contribution in [2.45, 2.75) is 27.3 Å². The molecule has 0 saturated heterocycles. The van der Waals surface area contributed by atoms with Gasteiger partial charge in [0, 0.05) is 41.9 Å². The number of nitrogens with one attached hydrogen (secondary N) is 1. The minimum atomic E-state index is -1.16. The number of anilines is 1. The molecule has 0 unspecified atom stereocenters. The predicted octanol–water partition coefficient (Wildman–Crippen LogP) is 6.05. The van der Waals surface area contributed by atoms with Crippen molar-refractivity contribution in [1.29, 1.82) is 0 Å². The summed E-state index contributed by atoms with van der Waals surface area (Å²) in [7, 11) is 1.52. The number of carboxylic acids is 1. The second kappa shape index (κ2) is 11.0. The number of nitrogens with zero attached hydrogens (tertiary/aromatic N) is 3. The van der Waals surface area contributed by atoms with E-state index in [1.165, 1.54) is 25.6 Å². The third-order valence-electron chi connectivity index (χ3n) is 5.82. The molecule has 0 atom stereocenters. The highest BCUT2D eigenvalue weighted by atomic mass is 35.5. The van der Waals surface area contributed by atoms with Crippen molar-refractivity contribution in [1.82, 2.24) is 14.5 Å². The van der Waals surface area contributed by atoms with E-state index in [0.717, 1.165) is 16.6 Å². The van der Waals surface area contributed by atoms with Crippen molar-refractivity contribution >= 4 is 34.3 Å². The molecule has 2 N–H and O–H groups in total. The minimum absolute atomic E-state index is 0.0644. The number of carboxylic acid groups (broad SMARTS) is 1. The lowest BCUT2D eigenvalue weighted by molar-refractivity contribution is 0.0691. The van der Waals surface area contributed by atoms with Crippen LogP contribution < -0.4 is 14.8 Å². The zero-order valence-corrected chi connectivity index (χ0v) is 21.8. The van der Waals surface area contributed by atoms with Gasteiger partial charge in [0.25, 0.3) is 0 Å². The molecule has 194 valence electrons. The highest BCUT2D eigenvalue weighted by molar-refractivity contribution is 6.34. The molecule has 0 bridgehead atoms. The summed E-state index contributed by atoms with van der Waals surface area (Å²) in [5, 5.41) is 13.8. The number of hydrogen-bond acceptors (Lipinski definition) is 6. The Hall–Kier alpha value is -3.85. The lowest BCUT2D eigenvalue weighted by atomic mass is 10.1. The fraction of sp³-hybridized carbons (Fsp3) is 0.296. The molecular formula is C27H28ClFN4O4. The van der Waals surface area contributed by atoms with Crippen molar-refractivity contribution in [2.24, 2.45) is 5.92 Å². The summed E-state index contributed by atoms with van der Waals surface area (Å²) in [6.07, 6.45) is 1.42. The van der Waals surface area contributed by atoms with Gasteiger partial charge in [-0.3, -0.25) is 0 Å². The Kier molecular flexibility index (Phi) is 7.83. The molecule has 0 saturated carbocycles. The number of fused-ring (bicyclic) bond motifs is 1. The van der Waals surface area contributed by atoms with Crippen LogP contribution in [0.25, 0.3) is 22.2 Å². The molecule has 2 aromatic carbocycles. The van der Waals surface area contributed by atoms with E-state index < -0.39 is 5.97 Å². The Morgan fingerprint density at radius 1 is 1.16 bits per heavy atom. The second-order valence-corrected chi connectivity index (χ2v) is 9.44. The highest BCUT2D eigenvalue weighted by Crippen LogP contribution is 2.34. The van der Waals surface area contributed by atoms with Gasteiger partial charge in [0.1, 0.15) is 35.0 Å². The predicted molar refractivity (Wildman–Crippen MR) is 141 cm³/mol. The van der Waals surface area contributed by atoms with Gasteiger partial charge in [-0.1, -0.05) is 25.4 Å². The average molecular weight is 527 g/mol. The monoisotopic (exact) mass is 526 g/mol. The molecule has 37 heavy (non-hydrogen) atoms. The normalized spacial score (nSPS) is 11.2. The molecule has 10 heteroatoms. The smallest absolute Gasteiger partial charge is 0.341 e. The SMILES string of the molecule is COc1cc(F)cc2c1cc(C)n2CCNc1cc(-c2cc(Cl)c(C(=O)O)c(OCC(C)C)c2)ncn1. The molecule has 4 rings (SSSR count). The number of aryl methyl sites for hydroxylation is 1. The van der Waals surface area contributed by atoms with Crippen LogP contribution in [-0.4, -0.2) is 45.9 Å². The van der Waals surface area contributed by atoms with E-state index in [1.807, 2.05) is 31.4 Å². The van der Waals surface area contributed by atoms with E-state index >= 15 is 0 Å². The van der Waals surface area contributed by atoms with Crippen LogP contribution in [0.4, 0.5) is 10.2 Å². The third kappa shape index (κ3) is 5.77. The molecule has 0 aliphatic carbocycles. The zero-order valence-electron chi connectivity index (χ0n) is 21.0. The van der Waals surface area contributed by atoms with E-state index in [1.54, 1.807) is 18.2 Å². The molecule has 0 amide bonds. The first-order valence-corrected chi connectivity index (χ1v) is 12.1. The summed E-state index contributed by atoms with van der Waals surface area (Å²) in [5.74, 6) is -0.0559. The first-order chi connectivity index (χ1) is 17.7. The number of aromatic nitrogens is 3. The van der Waals surface area contributed by atoms with Crippen LogP contribution in [0.15, 0.2) is 42.7 Å². The number of ether oxygens (including phenoxy) is 2. The number of aromatic carboxylic acids is 1. The van der Waals surface area contributed by atoms with Gasteiger partial charge in [-0.25, -0.2) is 19.2 Å². The summed E-state index contributed by atoms with van der Waals surface area (Å²) < 4.78 is 27.2. The van der Waals surface area contributed by atoms with Crippen LogP contribution in [0.3, 0.4) is 0 Å². The number of halogens is 2. The molecule has 0 aliphatic rings. The average Bonchev–Trinajstić information content (AvgIpc) is 3.16. The number of benzene rings is 2. The van der Waals surface area contributed by atoms with Crippen molar-refractivity contribution in [2.75, 3.05) is 25.6 Å². The first-order valence-electron chi connectivity index (χ1n) is 11.8. The maximum Gasteiger partial charge on any atom is 0.341 e. The Balaban J connectivity index is 1.55. The summed E-state index contributed by atoms with van der Waals surface area (Å²) >= 11 is 6.31. The number of rotatable bonds is 10. The first kappa shape index (κ1) is 26.2. The lowest BCUT2D eigenvalue weighted by Crippen LogP contribution is -2.12. The number of methoxy groups -OCH3 is 1. The molecule has 0 radical (unpaired) electrons. The van der Waals surface area contributed by atoms with Gasteiger partial charge >= 0.3 is 5.97 Å². The van der Waals surface area contributed by atoms with Crippen LogP contribution in [0.5, 0.6) is 11.5 Å². The molecule has 0 aliphatic heterocycles. The summed E-state index contributed by atoms with van der Waals surface area (Å²) in [4.78, 5) is 20.4. The van der Waals surface area contributed by atoms with E-state index in [9.17, 15) is 14.3 Å². The molecule has 0 fully saturated rings. The van der Waals surface area contributed by atoms with E-state index in [4.69, 9.17) is 21.1 Å². The van der Waals surface area contributed by atoms with Crippen LogP contribution in [0.1, 0.15) is 29.9 Å². The maximum absolute atomic E-state index is 14.1. The van der Waals surface area contributed by atoms with Crippen molar-refractivity contribution in [3.05, 3.63) is 64.8 Å². The van der Waals surface area contributed by atoms with E-state index in [0.29, 0.717) is 42.5 Å². The quantitative estimate of drug-likeness (QED) is 0.259. The minimum Gasteiger partial charge on any atom is -0.496 e. The van der Waals surface area contributed by atoms with Gasteiger partial charge in [0.2, 0.25) is 0 Å². The van der Waals surface area contributed by atoms with Gasteiger partial charge in [-0.05, 0) is 37.1 Å². The number of carbonyl (C=O) groups is 1. The van der Waals surface area contributed by atoms with Crippen molar-refractivity contribution < 1.29 is 23.8 Å². The second-order valence-electron chi connectivity index (χ2n) is 9.03. The molecule has 4 aromatic rings. The largest absolute Gasteiger partial charge is 0.496 e. The topological polar surface area (TPSA) is 98.5 Å². The lowest BCUT2D eigenvalue weighted by Gasteiger charge is -2.14. The molecule has 8 nitrogen and oxygen atoms in total. The van der Waals surface area contributed by atoms with E-state index in [-0.39, 0.29) is 28.1 Å². The van der Waals surface area contributed by atoms with Gasteiger partial charge in [0.05, 0.1) is 29.9 Å². The van der Waals surface area contributed by atoms with Crippen molar-refractivity contribution in [3.63, 3.8) is 0 Å². The van der Waals surface area contributed by atoms with Gasteiger partial charge in [0.15, 0.2) is 0 Å². The van der Waals surface area contributed by atoms with Crippen LogP contribution in [-0.2, 0) is 6.54 Å². The Bertz CT molecular complexity index is 1450. The molecule has 0 spiro atoms. The Labute approximate surface area is 219 Å². The summed E-state index contributed by atoms with van der Waals surface area (Å²) in [6.45, 7) is 7.33. The molecular weight excluding hydrogens is 499 g/mol. The maximum atomic E-state index is 14.1. The standard InChI is InChI=1S/C27H28ClFN4O4/c1-15(2)13-37-24-9-17(8-20(28)26(24)27(34)35)21-12-25(32-14-31-21)30-5-6-33-16(3)7-19-22(33)10-18(29)11-23(19)36-4/h7-12,14-15H,5-6,13H2,1-4H3,(H,34,35)(H,30,31,32). The Morgan fingerprint density at radius 2 is 1.95 bits per heavy atom. The highest BCUT2D eigenvalue weighted by Gasteiger charge is 2.19.